The molecule has 0 bridgehead atoms. The van der Waals surface area contributed by atoms with Crippen LogP contribution in [0.15, 0.2) is 0 Å². The van der Waals surface area contributed by atoms with Gasteiger partial charge in [-0.1, -0.05) is 19.3 Å². The van der Waals surface area contributed by atoms with Crippen LogP contribution in [0.25, 0.3) is 0 Å². The molecule has 2 aliphatic carbocycles. The van der Waals surface area contributed by atoms with Crippen molar-refractivity contribution in [1.29, 1.82) is 0 Å². The quantitative estimate of drug-likeness (QED) is 0.802. The van der Waals surface area contributed by atoms with E-state index in [1.165, 1.54) is 6.42 Å². The van der Waals surface area contributed by atoms with Crippen LogP contribution in [-0.2, 0) is 0 Å². The number of hydrogen-bond acceptors (Lipinski definition) is 2. The number of nitrogens with zero attached hydrogens (tertiary/aromatic N) is 1. The van der Waals surface area contributed by atoms with Crippen LogP contribution in [0.2, 0.25) is 0 Å². The van der Waals surface area contributed by atoms with Crippen LogP contribution in [0.5, 0.6) is 0 Å². The van der Waals surface area contributed by atoms with Gasteiger partial charge in [0, 0.05) is 19.1 Å². The van der Waals surface area contributed by atoms with E-state index in [1.54, 1.807) is 4.90 Å². The van der Waals surface area contributed by atoms with Crippen LogP contribution < -0.4 is 5.32 Å². The van der Waals surface area contributed by atoms with Gasteiger partial charge >= 0.3 is 6.18 Å². The molecule has 2 saturated carbocycles. The minimum Gasteiger partial charge on any atom is -0.319 e. The summed E-state index contributed by atoms with van der Waals surface area (Å²) < 4.78 is 38.1. The largest absolute Gasteiger partial charge is 0.401 e. The van der Waals surface area contributed by atoms with Gasteiger partial charge in [-0.25, -0.2) is 0 Å². The Balaban J connectivity index is 2.00. The first-order valence-corrected chi connectivity index (χ1v) is 7.40. The zero-order valence-electron chi connectivity index (χ0n) is 11.7. The minimum absolute atomic E-state index is 0.0564. The Kier molecular flexibility index (Phi) is 4.77. The molecular formula is C14H25F3N2. The van der Waals surface area contributed by atoms with Gasteiger partial charge < -0.3 is 5.32 Å². The van der Waals surface area contributed by atoms with E-state index >= 15 is 0 Å². The van der Waals surface area contributed by atoms with Gasteiger partial charge in [-0.05, 0) is 38.1 Å². The van der Waals surface area contributed by atoms with E-state index in [1.807, 2.05) is 7.05 Å². The number of rotatable bonds is 6. The minimum atomic E-state index is -4.07. The molecule has 0 aliphatic heterocycles. The van der Waals surface area contributed by atoms with Crippen LogP contribution in [0.3, 0.4) is 0 Å². The predicted molar refractivity (Wildman–Crippen MR) is 70.1 cm³/mol. The second-order valence-corrected chi connectivity index (χ2v) is 6.34. The molecule has 112 valence electrons. The summed E-state index contributed by atoms with van der Waals surface area (Å²) in [5, 5.41) is 3.20. The molecule has 0 unspecified atom stereocenters. The van der Waals surface area contributed by atoms with Crippen LogP contribution in [0, 0.1) is 5.41 Å². The highest BCUT2D eigenvalue weighted by Crippen LogP contribution is 2.40. The molecule has 2 rings (SSSR count). The zero-order chi connectivity index (χ0) is 13.9. The molecule has 2 aliphatic rings. The molecule has 0 heterocycles. The Morgan fingerprint density at radius 1 is 1.16 bits per heavy atom. The molecule has 0 aromatic heterocycles. The molecule has 0 atom stereocenters. The Morgan fingerprint density at radius 3 is 2.26 bits per heavy atom. The summed E-state index contributed by atoms with van der Waals surface area (Å²) in [5.74, 6) is 0. The van der Waals surface area contributed by atoms with Crippen LogP contribution >= 0.6 is 0 Å². The van der Waals surface area contributed by atoms with Crippen molar-refractivity contribution in [2.75, 3.05) is 26.7 Å². The van der Waals surface area contributed by atoms with Crippen molar-refractivity contribution >= 4 is 0 Å². The lowest BCUT2D eigenvalue weighted by Crippen LogP contribution is -2.48. The summed E-state index contributed by atoms with van der Waals surface area (Å²) in [4.78, 5) is 1.70. The van der Waals surface area contributed by atoms with Gasteiger partial charge in [0.15, 0.2) is 0 Å². The van der Waals surface area contributed by atoms with Crippen molar-refractivity contribution in [2.24, 2.45) is 5.41 Å². The fraction of sp³-hybridized carbons (Fsp3) is 1.00. The summed E-state index contributed by atoms with van der Waals surface area (Å²) in [7, 11) is 1.90. The van der Waals surface area contributed by atoms with E-state index in [4.69, 9.17) is 0 Å². The van der Waals surface area contributed by atoms with Crippen LogP contribution in [0.1, 0.15) is 44.9 Å². The summed E-state index contributed by atoms with van der Waals surface area (Å²) in [5.41, 5.74) is 0.0564. The monoisotopic (exact) mass is 278 g/mol. The highest BCUT2D eigenvalue weighted by atomic mass is 19.4. The maximum absolute atomic E-state index is 12.7. The summed E-state index contributed by atoms with van der Waals surface area (Å²) >= 11 is 0. The van der Waals surface area contributed by atoms with E-state index in [0.29, 0.717) is 6.54 Å². The maximum atomic E-state index is 12.7. The molecule has 0 aromatic rings. The number of nitrogens with one attached hydrogen (secondary N) is 1. The third-order valence-electron chi connectivity index (χ3n) is 4.45. The van der Waals surface area contributed by atoms with Gasteiger partial charge in [-0.15, -0.1) is 0 Å². The standard InChI is InChI=1S/C14H25F3N2/c1-18-9-13(7-3-2-4-8-13)10-19(12-5-6-12)11-14(15,16)17/h12,18H,2-11H2,1H3. The lowest BCUT2D eigenvalue weighted by Gasteiger charge is -2.41. The fourth-order valence-electron chi connectivity index (χ4n) is 3.48. The third kappa shape index (κ3) is 4.63. The molecule has 0 saturated heterocycles. The molecular weight excluding hydrogens is 253 g/mol. The molecule has 0 amide bonds. The molecule has 5 heteroatoms. The van der Waals surface area contributed by atoms with Gasteiger partial charge in [0.1, 0.15) is 0 Å². The molecule has 2 fully saturated rings. The number of hydrogen-bond donors (Lipinski definition) is 1. The van der Waals surface area contributed by atoms with Crippen molar-refractivity contribution < 1.29 is 13.2 Å². The molecule has 19 heavy (non-hydrogen) atoms. The van der Waals surface area contributed by atoms with Gasteiger partial charge in [-0.2, -0.15) is 13.2 Å². The number of halogens is 3. The Morgan fingerprint density at radius 2 is 1.79 bits per heavy atom. The third-order valence-corrected chi connectivity index (χ3v) is 4.45. The zero-order valence-corrected chi connectivity index (χ0v) is 11.7. The summed E-state index contributed by atoms with van der Waals surface area (Å²) in [6, 6.07) is 0.178. The van der Waals surface area contributed by atoms with Gasteiger partial charge in [0.05, 0.1) is 6.54 Å². The average molecular weight is 278 g/mol. The summed E-state index contributed by atoms with van der Waals surface area (Å²) in [6.07, 6.45) is 3.48. The average Bonchev–Trinajstić information content (AvgIpc) is 3.11. The predicted octanol–water partition coefficient (Wildman–Crippen LogP) is 3.18. The molecule has 0 radical (unpaired) electrons. The van der Waals surface area contributed by atoms with E-state index in [9.17, 15) is 13.2 Å². The first-order valence-electron chi connectivity index (χ1n) is 7.40. The second kappa shape index (κ2) is 6.00. The van der Waals surface area contributed by atoms with Crippen LogP contribution in [-0.4, -0.2) is 43.8 Å². The van der Waals surface area contributed by atoms with Gasteiger partial charge in [0.2, 0.25) is 0 Å². The van der Waals surface area contributed by atoms with Crippen molar-refractivity contribution in [3.8, 4) is 0 Å². The molecule has 1 N–H and O–H groups in total. The Labute approximate surface area is 113 Å². The second-order valence-electron chi connectivity index (χ2n) is 6.34. The van der Waals surface area contributed by atoms with E-state index in [-0.39, 0.29) is 11.5 Å². The van der Waals surface area contributed by atoms with Crippen molar-refractivity contribution in [1.82, 2.24) is 10.2 Å². The topological polar surface area (TPSA) is 15.3 Å². The molecule has 2 nitrogen and oxygen atoms in total. The first-order chi connectivity index (χ1) is 8.94. The summed E-state index contributed by atoms with van der Waals surface area (Å²) in [6.45, 7) is 0.717. The van der Waals surface area contributed by atoms with Crippen LogP contribution in [0.4, 0.5) is 13.2 Å². The highest BCUT2D eigenvalue weighted by molar-refractivity contribution is 4.93. The van der Waals surface area contributed by atoms with E-state index in [0.717, 1.165) is 45.1 Å². The first kappa shape index (κ1) is 15.1. The van der Waals surface area contributed by atoms with Gasteiger partial charge in [-0.3, -0.25) is 4.90 Å². The normalized spacial score (nSPS) is 23.8. The highest BCUT2D eigenvalue weighted by Gasteiger charge is 2.42. The lowest BCUT2D eigenvalue weighted by atomic mass is 9.73. The Hall–Kier alpha value is -0.290. The SMILES string of the molecule is CNCC1(CN(CC(F)(F)F)C2CC2)CCCCC1. The van der Waals surface area contributed by atoms with E-state index < -0.39 is 12.7 Å². The maximum Gasteiger partial charge on any atom is 0.401 e. The van der Waals surface area contributed by atoms with E-state index in [2.05, 4.69) is 5.32 Å². The Bertz CT molecular complexity index is 275. The fourth-order valence-corrected chi connectivity index (χ4v) is 3.48. The molecule has 0 aromatic carbocycles. The van der Waals surface area contributed by atoms with Crippen molar-refractivity contribution in [3.05, 3.63) is 0 Å². The lowest BCUT2D eigenvalue weighted by molar-refractivity contribution is -0.151. The van der Waals surface area contributed by atoms with Crippen molar-refractivity contribution in [3.63, 3.8) is 0 Å². The smallest absolute Gasteiger partial charge is 0.319 e. The van der Waals surface area contributed by atoms with Gasteiger partial charge in [0.25, 0.3) is 0 Å². The molecule has 0 spiro atoms. The van der Waals surface area contributed by atoms with Crippen molar-refractivity contribution in [2.45, 2.75) is 57.2 Å². The number of alkyl halides is 3.